The lowest BCUT2D eigenvalue weighted by Gasteiger charge is -2.18. The van der Waals surface area contributed by atoms with E-state index in [9.17, 15) is 14.4 Å². The van der Waals surface area contributed by atoms with Gasteiger partial charge >= 0.3 is 17.9 Å². The van der Waals surface area contributed by atoms with Crippen molar-refractivity contribution in [3.8, 4) is 0 Å². The van der Waals surface area contributed by atoms with Crippen molar-refractivity contribution in [2.24, 2.45) is 0 Å². The summed E-state index contributed by atoms with van der Waals surface area (Å²) in [4.78, 5) is 38.3. The molecular formula is C69H116O6. The third-order valence-electron chi connectivity index (χ3n) is 13.2. The third-order valence-corrected chi connectivity index (χ3v) is 13.2. The van der Waals surface area contributed by atoms with Crippen molar-refractivity contribution in [2.75, 3.05) is 13.2 Å². The average molecular weight is 1040 g/mol. The number of unbranched alkanes of at least 4 members (excludes halogenated alkanes) is 27. The van der Waals surface area contributed by atoms with Gasteiger partial charge in [0, 0.05) is 19.3 Å². The highest BCUT2D eigenvalue weighted by molar-refractivity contribution is 5.71. The second-order valence-electron chi connectivity index (χ2n) is 20.6. The van der Waals surface area contributed by atoms with E-state index in [4.69, 9.17) is 14.2 Å². The smallest absolute Gasteiger partial charge is 0.306 e. The van der Waals surface area contributed by atoms with Crippen molar-refractivity contribution < 1.29 is 28.6 Å². The van der Waals surface area contributed by atoms with E-state index < -0.39 is 6.10 Å². The molecule has 0 aromatic heterocycles. The van der Waals surface area contributed by atoms with Crippen LogP contribution in [-0.4, -0.2) is 37.2 Å². The normalized spacial score (nSPS) is 12.8. The molecule has 0 heterocycles. The van der Waals surface area contributed by atoms with E-state index in [1.165, 1.54) is 109 Å². The molecule has 0 amide bonds. The number of ether oxygens (including phenoxy) is 3. The first kappa shape index (κ1) is 71.1. The summed E-state index contributed by atoms with van der Waals surface area (Å²) in [5, 5.41) is 0. The van der Waals surface area contributed by atoms with E-state index in [-0.39, 0.29) is 31.1 Å². The Morgan fingerprint density at radius 3 is 0.867 bits per heavy atom. The zero-order valence-electron chi connectivity index (χ0n) is 49.0. The van der Waals surface area contributed by atoms with Gasteiger partial charge in [0.05, 0.1) is 0 Å². The number of carbonyl (C=O) groups excluding carboxylic acids is 3. The van der Waals surface area contributed by atoms with E-state index in [1.807, 2.05) is 0 Å². The molecule has 0 aromatic rings. The second-order valence-corrected chi connectivity index (χ2v) is 20.6. The van der Waals surface area contributed by atoms with E-state index >= 15 is 0 Å². The molecule has 0 aliphatic carbocycles. The topological polar surface area (TPSA) is 78.9 Å². The highest BCUT2D eigenvalue weighted by atomic mass is 16.6. The number of rotatable bonds is 56. The molecule has 0 saturated heterocycles. The molecule has 0 aromatic carbocycles. The molecule has 1 atom stereocenters. The van der Waals surface area contributed by atoms with Gasteiger partial charge in [-0.2, -0.15) is 0 Å². The van der Waals surface area contributed by atoms with Crippen LogP contribution < -0.4 is 0 Å². The van der Waals surface area contributed by atoms with Crippen LogP contribution in [0.5, 0.6) is 0 Å². The molecule has 0 aliphatic heterocycles. The largest absolute Gasteiger partial charge is 0.462 e. The number of hydrogen-bond acceptors (Lipinski definition) is 6. The van der Waals surface area contributed by atoms with Gasteiger partial charge in [-0.15, -0.1) is 0 Å². The van der Waals surface area contributed by atoms with Crippen molar-refractivity contribution in [1.82, 2.24) is 0 Å². The molecule has 428 valence electrons. The van der Waals surface area contributed by atoms with Gasteiger partial charge in [0.25, 0.3) is 0 Å². The molecule has 0 radical (unpaired) electrons. The SMILES string of the molecule is CC/C=C\C/C=C\C/C=C\C/C=C\CCCCCCCCC(=O)OC(COC(=O)CCCCCCC/C=C\C/C=C\CCC)COC(=O)CCCCCCCCCCCC/C=C\C/C=C\C/C=C\CCCCCCC. The standard InChI is InChI=1S/C69H116O6/c1-4-7-10-13-16-19-22-25-27-29-31-32-33-34-35-36-38-39-41-44-47-50-53-56-59-62-68(71)74-65-66(64-73-67(70)61-58-55-52-49-46-43-24-21-18-15-12-9-6-3)75-69(72)63-60-57-54-51-48-45-42-40-37-30-28-26-23-20-17-14-11-8-5-2/h8,11-12,15,17,20-22,24-26,28-29,31,33-34,37,40,66H,4-7,9-10,13-14,16,18-19,23,27,30,32,35-36,38-39,41-65H2,1-3H3/b11-8-,15-12-,20-17-,24-21-,25-22-,28-26-,31-29-,34-33-,40-37-. The summed E-state index contributed by atoms with van der Waals surface area (Å²) >= 11 is 0. The maximum atomic E-state index is 12.9. The Bertz CT molecular complexity index is 1520. The summed E-state index contributed by atoms with van der Waals surface area (Å²) in [6.07, 6.45) is 85.2. The minimum absolute atomic E-state index is 0.0916. The first-order valence-electron chi connectivity index (χ1n) is 31.4. The van der Waals surface area contributed by atoms with Crippen LogP contribution in [0.3, 0.4) is 0 Å². The summed E-state index contributed by atoms with van der Waals surface area (Å²) in [6, 6.07) is 0. The highest BCUT2D eigenvalue weighted by Gasteiger charge is 2.19. The zero-order chi connectivity index (χ0) is 54.3. The molecule has 0 spiro atoms. The zero-order valence-corrected chi connectivity index (χ0v) is 49.0. The molecule has 6 nitrogen and oxygen atoms in total. The fourth-order valence-corrected chi connectivity index (χ4v) is 8.54. The van der Waals surface area contributed by atoms with Crippen molar-refractivity contribution in [2.45, 2.75) is 297 Å². The summed E-state index contributed by atoms with van der Waals surface area (Å²) in [6.45, 7) is 6.44. The Labute approximate surface area is 463 Å². The molecule has 0 N–H and O–H groups in total. The van der Waals surface area contributed by atoms with Gasteiger partial charge in [-0.25, -0.2) is 0 Å². The molecule has 0 rings (SSSR count). The summed E-state index contributed by atoms with van der Waals surface area (Å²) < 4.78 is 16.9. The van der Waals surface area contributed by atoms with Gasteiger partial charge in [0.15, 0.2) is 6.10 Å². The number of carbonyl (C=O) groups is 3. The van der Waals surface area contributed by atoms with Gasteiger partial charge in [-0.05, 0) is 122 Å². The van der Waals surface area contributed by atoms with Gasteiger partial charge in [-0.1, -0.05) is 259 Å². The predicted octanol–water partition coefficient (Wildman–Crippen LogP) is 21.4. The van der Waals surface area contributed by atoms with Crippen LogP contribution in [0.25, 0.3) is 0 Å². The molecular weight excluding hydrogens is 925 g/mol. The van der Waals surface area contributed by atoms with Crippen LogP contribution in [0.2, 0.25) is 0 Å². The number of esters is 3. The van der Waals surface area contributed by atoms with Gasteiger partial charge in [0.1, 0.15) is 13.2 Å². The second kappa shape index (κ2) is 62.6. The van der Waals surface area contributed by atoms with Crippen LogP contribution in [0.15, 0.2) is 109 Å². The van der Waals surface area contributed by atoms with E-state index in [1.54, 1.807) is 0 Å². The lowest BCUT2D eigenvalue weighted by molar-refractivity contribution is -0.167. The molecule has 6 heteroatoms. The molecule has 0 aliphatic rings. The third kappa shape index (κ3) is 60.8. The first-order valence-corrected chi connectivity index (χ1v) is 31.4. The highest BCUT2D eigenvalue weighted by Crippen LogP contribution is 2.15. The van der Waals surface area contributed by atoms with Gasteiger partial charge in [-0.3, -0.25) is 14.4 Å². The van der Waals surface area contributed by atoms with E-state index in [0.717, 1.165) is 141 Å². The molecule has 1 unspecified atom stereocenters. The maximum absolute atomic E-state index is 12.9. The summed E-state index contributed by atoms with van der Waals surface area (Å²) in [5.41, 5.74) is 0. The van der Waals surface area contributed by atoms with Gasteiger partial charge < -0.3 is 14.2 Å². The maximum Gasteiger partial charge on any atom is 0.306 e. The van der Waals surface area contributed by atoms with Crippen LogP contribution in [0.4, 0.5) is 0 Å². The Kier molecular flexibility index (Phi) is 59.3. The quantitative estimate of drug-likeness (QED) is 0.0261. The summed E-state index contributed by atoms with van der Waals surface area (Å²) in [5.74, 6) is -0.919. The lowest BCUT2D eigenvalue weighted by atomic mass is 10.1. The average Bonchev–Trinajstić information content (AvgIpc) is 3.41. The van der Waals surface area contributed by atoms with Crippen LogP contribution in [0.1, 0.15) is 290 Å². The molecule has 0 fully saturated rings. The summed E-state index contributed by atoms with van der Waals surface area (Å²) in [7, 11) is 0. The minimum Gasteiger partial charge on any atom is -0.462 e. The van der Waals surface area contributed by atoms with Crippen LogP contribution in [0, 0.1) is 0 Å². The van der Waals surface area contributed by atoms with Crippen molar-refractivity contribution in [3.05, 3.63) is 109 Å². The number of allylic oxidation sites excluding steroid dienone is 18. The fourth-order valence-electron chi connectivity index (χ4n) is 8.54. The first-order chi connectivity index (χ1) is 37.0. The molecule has 0 bridgehead atoms. The molecule has 0 saturated carbocycles. The Balaban J connectivity index is 4.36. The minimum atomic E-state index is -0.796. The molecule has 75 heavy (non-hydrogen) atoms. The fraction of sp³-hybridized carbons (Fsp3) is 0.696. The van der Waals surface area contributed by atoms with Crippen molar-refractivity contribution in [3.63, 3.8) is 0 Å². The Morgan fingerprint density at radius 1 is 0.280 bits per heavy atom. The predicted molar refractivity (Wildman–Crippen MR) is 325 cm³/mol. The van der Waals surface area contributed by atoms with E-state index in [2.05, 4.69) is 130 Å². The number of hydrogen-bond donors (Lipinski definition) is 0. The van der Waals surface area contributed by atoms with Crippen LogP contribution >= 0.6 is 0 Å². The van der Waals surface area contributed by atoms with Gasteiger partial charge in [0.2, 0.25) is 0 Å². The Hall–Kier alpha value is -3.93. The lowest BCUT2D eigenvalue weighted by Crippen LogP contribution is -2.30. The van der Waals surface area contributed by atoms with Crippen molar-refractivity contribution >= 4 is 17.9 Å². The Morgan fingerprint density at radius 2 is 0.547 bits per heavy atom. The van der Waals surface area contributed by atoms with Crippen molar-refractivity contribution in [1.29, 1.82) is 0 Å². The van der Waals surface area contributed by atoms with E-state index in [0.29, 0.717) is 19.3 Å². The monoisotopic (exact) mass is 1040 g/mol. The van der Waals surface area contributed by atoms with Crippen LogP contribution in [-0.2, 0) is 28.6 Å².